The van der Waals surface area contributed by atoms with E-state index in [1.54, 1.807) is 54.8 Å². The highest BCUT2D eigenvalue weighted by molar-refractivity contribution is 7.94. The highest BCUT2D eigenvalue weighted by Crippen LogP contribution is 2.32. The fraction of sp³-hybridized carbons (Fsp3) is 0.0455. The molecule has 1 aromatic heterocycles. The van der Waals surface area contributed by atoms with Crippen LogP contribution in [0.5, 0.6) is 11.5 Å². The molecule has 142 valence electrons. The van der Waals surface area contributed by atoms with Crippen molar-refractivity contribution in [3.8, 4) is 22.9 Å². The molecule has 2 aromatic rings. The third kappa shape index (κ3) is 4.86. The summed E-state index contributed by atoms with van der Waals surface area (Å²) in [6, 6.07) is 4.94. The molecular weight excluding hydrogens is 370 g/mol. The lowest BCUT2D eigenvalue weighted by Gasteiger charge is -2.10. The van der Waals surface area contributed by atoms with Crippen molar-refractivity contribution in [1.29, 1.82) is 0 Å². The summed E-state index contributed by atoms with van der Waals surface area (Å²) >= 11 is 1.19. The lowest BCUT2D eigenvalue weighted by molar-refractivity contribution is 0.473. The zero-order chi connectivity index (χ0) is 20.5. The van der Waals surface area contributed by atoms with E-state index in [0.29, 0.717) is 39.9 Å². The van der Waals surface area contributed by atoms with Gasteiger partial charge in [0.25, 0.3) is 0 Å². The van der Waals surface area contributed by atoms with Crippen molar-refractivity contribution in [1.82, 2.24) is 15.0 Å². The predicted octanol–water partition coefficient (Wildman–Crippen LogP) is 5.41. The van der Waals surface area contributed by atoms with Crippen LogP contribution in [-0.4, -0.2) is 26.3 Å². The minimum atomic E-state index is -0.00430. The number of hydrogen-bond donors (Lipinski definition) is 1. The number of allylic oxidation sites excluding steroid dienone is 8. The first kappa shape index (κ1) is 20.9. The maximum absolute atomic E-state index is 10.5. The molecule has 0 fully saturated rings. The number of aromatic nitrogens is 3. The molecule has 0 saturated heterocycles. The molecule has 0 saturated carbocycles. The van der Waals surface area contributed by atoms with Crippen molar-refractivity contribution in [2.24, 2.45) is 0 Å². The summed E-state index contributed by atoms with van der Waals surface area (Å²) in [4.78, 5) is 13.5. The van der Waals surface area contributed by atoms with E-state index >= 15 is 0 Å². The number of phenols is 1. The van der Waals surface area contributed by atoms with Gasteiger partial charge in [0.1, 0.15) is 11.5 Å². The second-order valence-electron chi connectivity index (χ2n) is 5.36. The number of rotatable bonds is 9. The van der Waals surface area contributed by atoms with Crippen LogP contribution in [0.3, 0.4) is 0 Å². The van der Waals surface area contributed by atoms with E-state index in [4.69, 9.17) is 4.18 Å². The SMILES string of the molecule is C=C/C=C(\C=C)c1nc(/C(C=C)=C/C=C)nc(-c2ccc(OSC)cc2O)n1. The molecule has 0 unspecified atom stereocenters. The summed E-state index contributed by atoms with van der Waals surface area (Å²) in [5.41, 5.74) is 1.79. The van der Waals surface area contributed by atoms with Gasteiger partial charge in [0.2, 0.25) is 0 Å². The van der Waals surface area contributed by atoms with E-state index in [9.17, 15) is 5.11 Å². The molecule has 6 heteroatoms. The van der Waals surface area contributed by atoms with E-state index in [2.05, 4.69) is 41.3 Å². The summed E-state index contributed by atoms with van der Waals surface area (Å²) < 4.78 is 5.34. The zero-order valence-corrected chi connectivity index (χ0v) is 16.4. The Balaban J connectivity index is 2.73. The van der Waals surface area contributed by atoms with Crippen molar-refractivity contribution in [3.63, 3.8) is 0 Å². The van der Waals surface area contributed by atoms with Gasteiger partial charge in [-0.3, -0.25) is 0 Å². The Morgan fingerprint density at radius 3 is 1.96 bits per heavy atom. The summed E-state index contributed by atoms with van der Waals surface area (Å²) in [7, 11) is 0. The predicted molar refractivity (Wildman–Crippen MR) is 118 cm³/mol. The van der Waals surface area contributed by atoms with Gasteiger partial charge in [0.15, 0.2) is 17.5 Å². The Bertz CT molecular complexity index is 929. The normalized spacial score (nSPS) is 11.6. The van der Waals surface area contributed by atoms with Crippen LogP contribution < -0.4 is 4.18 Å². The van der Waals surface area contributed by atoms with Crippen LogP contribution in [0.25, 0.3) is 22.5 Å². The number of phenolic OH excluding ortho intramolecular Hbond substituents is 1. The highest BCUT2D eigenvalue weighted by Gasteiger charge is 2.15. The van der Waals surface area contributed by atoms with E-state index < -0.39 is 0 Å². The Morgan fingerprint density at radius 1 is 0.964 bits per heavy atom. The molecule has 28 heavy (non-hydrogen) atoms. The molecule has 0 spiro atoms. The van der Waals surface area contributed by atoms with Gasteiger partial charge in [-0.2, -0.15) is 0 Å². The standard InChI is InChI=1S/C22H21N3O2S/c1-6-10-15(8-3)20-23-21(16(9-4)11-7-2)25-22(24-20)18-13-12-17(27-28-5)14-19(18)26/h6-14,26H,1-4H2,5H3/b15-10+,16-11+. The Labute approximate surface area is 169 Å². The first-order valence-corrected chi connectivity index (χ1v) is 9.44. The minimum absolute atomic E-state index is 0.00430. The van der Waals surface area contributed by atoms with Crippen molar-refractivity contribution >= 4 is 23.2 Å². The van der Waals surface area contributed by atoms with Crippen LogP contribution in [0.2, 0.25) is 0 Å². The van der Waals surface area contributed by atoms with Crippen molar-refractivity contribution in [2.45, 2.75) is 0 Å². The maximum atomic E-state index is 10.5. The third-order valence-corrected chi connectivity index (χ3v) is 3.94. The molecule has 0 aliphatic carbocycles. The molecule has 0 amide bonds. The smallest absolute Gasteiger partial charge is 0.167 e. The third-order valence-electron chi connectivity index (χ3n) is 3.58. The quantitative estimate of drug-likeness (QED) is 0.455. The van der Waals surface area contributed by atoms with Gasteiger partial charge in [-0.1, -0.05) is 62.8 Å². The molecule has 0 atom stereocenters. The van der Waals surface area contributed by atoms with Crippen molar-refractivity contribution < 1.29 is 9.29 Å². The van der Waals surface area contributed by atoms with Gasteiger partial charge in [0.05, 0.1) is 17.6 Å². The monoisotopic (exact) mass is 391 g/mol. The van der Waals surface area contributed by atoms with Gasteiger partial charge >= 0.3 is 0 Å². The van der Waals surface area contributed by atoms with Gasteiger partial charge in [-0.25, -0.2) is 15.0 Å². The number of aromatic hydroxyl groups is 1. The van der Waals surface area contributed by atoms with Crippen LogP contribution in [0.15, 0.2) is 81.0 Å². The molecule has 0 bridgehead atoms. The molecule has 0 aliphatic heterocycles. The minimum Gasteiger partial charge on any atom is -0.507 e. The van der Waals surface area contributed by atoms with Gasteiger partial charge in [-0.05, 0) is 12.1 Å². The number of nitrogens with zero attached hydrogens (tertiary/aromatic N) is 3. The topological polar surface area (TPSA) is 68.1 Å². The first-order chi connectivity index (χ1) is 13.6. The second-order valence-corrected chi connectivity index (χ2v) is 5.86. The van der Waals surface area contributed by atoms with Crippen LogP contribution in [0.1, 0.15) is 11.6 Å². The van der Waals surface area contributed by atoms with Crippen molar-refractivity contribution in [3.05, 3.63) is 92.6 Å². The molecule has 0 aliphatic rings. The Hall–Kier alpha value is -3.38. The van der Waals surface area contributed by atoms with Crippen molar-refractivity contribution in [2.75, 3.05) is 6.26 Å². The van der Waals surface area contributed by atoms with E-state index in [-0.39, 0.29) is 5.75 Å². The van der Waals surface area contributed by atoms with Crippen LogP contribution >= 0.6 is 12.0 Å². The molecule has 2 rings (SSSR count). The fourth-order valence-electron chi connectivity index (χ4n) is 2.32. The van der Waals surface area contributed by atoms with Crippen LogP contribution in [0.4, 0.5) is 0 Å². The highest BCUT2D eigenvalue weighted by atomic mass is 32.2. The average Bonchev–Trinajstić information content (AvgIpc) is 2.70. The molecular formula is C22H21N3O2S. The largest absolute Gasteiger partial charge is 0.507 e. The summed E-state index contributed by atoms with van der Waals surface area (Å²) in [5.74, 6) is 1.63. The second kappa shape index (κ2) is 10.1. The van der Waals surface area contributed by atoms with Gasteiger partial charge in [-0.15, -0.1) is 0 Å². The fourth-order valence-corrected chi connectivity index (χ4v) is 2.62. The summed E-state index contributed by atoms with van der Waals surface area (Å²) in [6.45, 7) is 15.0. The van der Waals surface area contributed by atoms with E-state index in [1.807, 2.05) is 0 Å². The molecule has 1 aromatic carbocycles. The van der Waals surface area contributed by atoms with Gasteiger partial charge < -0.3 is 9.29 Å². The molecule has 1 heterocycles. The average molecular weight is 391 g/mol. The van der Waals surface area contributed by atoms with E-state index in [1.165, 1.54) is 18.1 Å². The van der Waals surface area contributed by atoms with E-state index in [0.717, 1.165) is 0 Å². The Kier molecular flexibility index (Phi) is 7.54. The molecule has 1 N–H and O–H groups in total. The summed E-state index contributed by atoms with van der Waals surface area (Å²) in [6.07, 6.45) is 11.8. The maximum Gasteiger partial charge on any atom is 0.167 e. The zero-order valence-electron chi connectivity index (χ0n) is 15.6. The summed E-state index contributed by atoms with van der Waals surface area (Å²) in [5, 5.41) is 10.5. The Morgan fingerprint density at radius 2 is 1.54 bits per heavy atom. The molecule has 0 radical (unpaired) electrons. The van der Waals surface area contributed by atoms with Crippen LogP contribution in [0, 0.1) is 0 Å². The number of hydrogen-bond acceptors (Lipinski definition) is 6. The molecule has 5 nitrogen and oxygen atoms in total. The first-order valence-electron chi connectivity index (χ1n) is 8.29. The van der Waals surface area contributed by atoms with Crippen LogP contribution in [-0.2, 0) is 0 Å². The lowest BCUT2D eigenvalue weighted by Crippen LogP contribution is -2.04. The number of benzene rings is 1. The van der Waals surface area contributed by atoms with Gasteiger partial charge in [0, 0.05) is 23.5 Å². The lowest BCUT2D eigenvalue weighted by atomic mass is 10.1.